The molecule has 0 aliphatic rings. The lowest BCUT2D eigenvalue weighted by Gasteiger charge is -2.17. The molecule has 2 nitrogen and oxygen atoms in total. The van der Waals surface area contributed by atoms with Crippen LogP contribution in [0.2, 0.25) is 5.02 Å². The van der Waals surface area contributed by atoms with Crippen LogP contribution >= 0.6 is 27.5 Å². The van der Waals surface area contributed by atoms with Crippen LogP contribution in [0.25, 0.3) is 0 Å². The minimum Gasteiger partial charge on any atom is -0.497 e. The summed E-state index contributed by atoms with van der Waals surface area (Å²) in [4.78, 5) is -0.222. The topological polar surface area (TPSA) is 18.5 Å². The van der Waals surface area contributed by atoms with Crippen molar-refractivity contribution in [1.82, 2.24) is 0 Å². The van der Waals surface area contributed by atoms with Gasteiger partial charge >= 0.3 is 0 Å². The van der Waals surface area contributed by atoms with Crippen LogP contribution in [0.15, 0.2) is 36.4 Å². The van der Waals surface area contributed by atoms with Crippen LogP contribution in [0.5, 0.6) is 11.5 Å². The van der Waals surface area contributed by atoms with Crippen molar-refractivity contribution in [1.29, 1.82) is 0 Å². The van der Waals surface area contributed by atoms with E-state index in [4.69, 9.17) is 21.1 Å². The predicted molar refractivity (Wildman–Crippen MR) is 81.7 cm³/mol. The number of alkyl halides is 1. The first-order chi connectivity index (χ1) is 9.56. The molecule has 0 amide bonds. The summed E-state index contributed by atoms with van der Waals surface area (Å²) in [5, 5.41) is 0.358. The van der Waals surface area contributed by atoms with Crippen LogP contribution < -0.4 is 9.47 Å². The standard InChI is InChI=1S/C15H13BrClFO2/c1-19-10-4-6-14(20-2)12(8-10)15(16)11-5-3-9(18)7-13(11)17/h3-8,15H,1-2H3. The summed E-state index contributed by atoms with van der Waals surface area (Å²) >= 11 is 9.68. The molecule has 0 heterocycles. The van der Waals surface area contributed by atoms with Gasteiger partial charge in [-0.1, -0.05) is 33.6 Å². The van der Waals surface area contributed by atoms with Crippen LogP contribution in [0.1, 0.15) is 16.0 Å². The molecule has 2 aromatic rings. The van der Waals surface area contributed by atoms with Gasteiger partial charge in [0.1, 0.15) is 17.3 Å². The van der Waals surface area contributed by atoms with Crippen LogP contribution in [0, 0.1) is 5.82 Å². The van der Waals surface area contributed by atoms with Crippen LogP contribution in [0.4, 0.5) is 4.39 Å². The first-order valence-electron chi connectivity index (χ1n) is 5.87. The second-order valence-electron chi connectivity index (χ2n) is 4.14. The Hall–Kier alpha value is -1.26. The molecule has 2 aromatic carbocycles. The fourth-order valence-electron chi connectivity index (χ4n) is 1.91. The number of halogens is 3. The van der Waals surface area contributed by atoms with Gasteiger partial charge in [-0.05, 0) is 35.9 Å². The molecule has 0 saturated heterocycles. The van der Waals surface area contributed by atoms with E-state index in [0.717, 1.165) is 11.1 Å². The smallest absolute Gasteiger partial charge is 0.124 e. The fourth-order valence-corrected chi connectivity index (χ4v) is 3.08. The Labute approximate surface area is 130 Å². The highest BCUT2D eigenvalue weighted by molar-refractivity contribution is 9.09. The number of hydrogen-bond acceptors (Lipinski definition) is 2. The molecule has 0 bridgehead atoms. The van der Waals surface area contributed by atoms with Crippen molar-refractivity contribution in [3.63, 3.8) is 0 Å². The van der Waals surface area contributed by atoms with E-state index in [9.17, 15) is 4.39 Å². The first kappa shape index (κ1) is 15.1. The molecule has 0 aliphatic heterocycles. The average molecular weight is 360 g/mol. The van der Waals surface area contributed by atoms with Gasteiger partial charge in [0.25, 0.3) is 0 Å². The third-order valence-electron chi connectivity index (χ3n) is 2.95. The van der Waals surface area contributed by atoms with Gasteiger partial charge in [-0.2, -0.15) is 0 Å². The predicted octanol–water partition coefficient (Wildman–Crippen LogP) is 4.98. The molecular weight excluding hydrogens is 347 g/mol. The normalized spacial score (nSPS) is 12.1. The zero-order valence-corrected chi connectivity index (χ0v) is 13.3. The molecule has 1 unspecified atom stereocenters. The van der Waals surface area contributed by atoms with E-state index in [1.165, 1.54) is 12.1 Å². The van der Waals surface area contributed by atoms with Gasteiger partial charge in [-0.3, -0.25) is 0 Å². The minimum atomic E-state index is -0.365. The minimum absolute atomic E-state index is 0.222. The second-order valence-corrected chi connectivity index (χ2v) is 5.46. The van der Waals surface area contributed by atoms with E-state index < -0.39 is 0 Å². The summed E-state index contributed by atoms with van der Waals surface area (Å²) < 4.78 is 23.7. The SMILES string of the molecule is COc1ccc(OC)c(C(Br)c2ccc(F)cc2Cl)c1. The maximum absolute atomic E-state index is 13.1. The van der Waals surface area contributed by atoms with Crippen LogP contribution in [-0.4, -0.2) is 14.2 Å². The Morgan fingerprint density at radius 3 is 2.40 bits per heavy atom. The maximum atomic E-state index is 13.1. The Kier molecular flexibility index (Phi) is 4.89. The van der Waals surface area contributed by atoms with E-state index in [1.54, 1.807) is 20.3 Å². The quantitative estimate of drug-likeness (QED) is 0.717. The van der Waals surface area contributed by atoms with Crippen LogP contribution in [-0.2, 0) is 0 Å². The van der Waals surface area contributed by atoms with Gasteiger partial charge < -0.3 is 9.47 Å². The Morgan fingerprint density at radius 2 is 1.80 bits per heavy atom. The molecule has 2 rings (SSSR count). The van der Waals surface area contributed by atoms with E-state index in [-0.39, 0.29) is 10.6 Å². The molecule has 0 radical (unpaired) electrons. The highest BCUT2D eigenvalue weighted by Crippen LogP contribution is 2.41. The summed E-state index contributed by atoms with van der Waals surface area (Å²) in [6, 6.07) is 9.81. The molecule has 0 saturated carbocycles. The lowest BCUT2D eigenvalue weighted by Crippen LogP contribution is -1.99. The van der Waals surface area contributed by atoms with E-state index >= 15 is 0 Å². The summed E-state index contributed by atoms with van der Waals surface area (Å²) in [6.07, 6.45) is 0. The molecule has 106 valence electrons. The molecule has 0 aliphatic carbocycles. The van der Waals surface area contributed by atoms with Gasteiger partial charge in [0.2, 0.25) is 0 Å². The highest BCUT2D eigenvalue weighted by Gasteiger charge is 2.19. The van der Waals surface area contributed by atoms with Gasteiger partial charge in [0, 0.05) is 10.6 Å². The lowest BCUT2D eigenvalue weighted by atomic mass is 10.0. The lowest BCUT2D eigenvalue weighted by molar-refractivity contribution is 0.399. The third-order valence-corrected chi connectivity index (χ3v) is 4.26. The van der Waals surface area contributed by atoms with Gasteiger partial charge in [0.05, 0.1) is 19.0 Å². The third kappa shape index (κ3) is 3.07. The van der Waals surface area contributed by atoms with Gasteiger partial charge in [0.15, 0.2) is 0 Å². The van der Waals surface area contributed by atoms with Crippen molar-refractivity contribution in [2.24, 2.45) is 0 Å². The van der Waals surface area contributed by atoms with E-state index in [0.29, 0.717) is 16.5 Å². The number of methoxy groups -OCH3 is 2. The van der Waals surface area contributed by atoms with E-state index in [2.05, 4.69) is 15.9 Å². The van der Waals surface area contributed by atoms with Crippen LogP contribution in [0.3, 0.4) is 0 Å². The number of hydrogen-bond donors (Lipinski definition) is 0. The summed E-state index contributed by atoms with van der Waals surface area (Å²) in [5.41, 5.74) is 1.62. The summed E-state index contributed by atoms with van der Waals surface area (Å²) in [7, 11) is 3.19. The average Bonchev–Trinajstić information content (AvgIpc) is 2.46. The van der Waals surface area contributed by atoms with E-state index in [1.807, 2.05) is 18.2 Å². The summed E-state index contributed by atoms with van der Waals surface area (Å²) in [6.45, 7) is 0. The zero-order chi connectivity index (χ0) is 14.7. The molecule has 0 fully saturated rings. The van der Waals surface area contributed by atoms with Gasteiger partial charge in [-0.15, -0.1) is 0 Å². The van der Waals surface area contributed by atoms with Crippen molar-refractivity contribution in [2.45, 2.75) is 4.83 Å². The Balaban J connectivity index is 2.48. The Morgan fingerprint density at radius 1 is 1.05 bits per heavy atom. The molecule has 0 N–H and O–H groups in total. The van der Waals surface area contributed by atoms with Crippen molar-refractivity contribution in [3.8, 4) is 11.5 Å². The van der Waals surface area contributed by atoms with Crippen molar-refractivity contribution >= 4 is 27.5 Å². The molecule has 5 heteroatoms. The van der Waals surface area contributed by atoms with Crippen molar-refractivity contribution in [2.75, 3.05) is 14.2 Å². The Bertz CT molecular complexity index is 619. The monoisotopic (exact) mass is 358 g/mol. The van der Waals surface area contributed by atoms with Crippen molar-refractivity contribution in [3.05, 3.63) is 58.4 Å². The highest BCUT2D eigenvalue weighted by atomic mass is 79.9. The largest absolute Gasteiger partial charge is 0.497 e. The number of rotatable bonds is 4. The fraction of sp³-hybridized carbons (Fsp3) is 0.200. The first-order valence-corrected chi connectivity index (χ1v) is 7.17. The van der Waals surface area contributed by atoms with Gasteiger partial charge in [-0.25, -0.2) is 4.39 Å². The molecule has 0 aromatic heterocycles. The molecule has 0 spiro atoms. The molecular formula is C15H13BrClFO2. The maximum Gasteiger partial charge on any atom is 0.124 e. The number of benzene rings is 2. The molecule has 20 heavy (non-hydrogen) atoms. The second kappa shape index (κ2) is 6.46. The molecule has 1 atom stereocenters. The number of ether oxygens (including phenoxy) is 2. The summed E-state index contributed by atoms with van der Waals surface area (Å²) in [5.74, 6) is 1.05. The zero-order valence-electron chi connectivity index (χ0n) is 11.0. The van der Waals surface area contributed by atoms with Crippen molar-refractivity contribution < 1.29 is 13.9 Å².